The van der Waals surface area contributed by atoms with E-state index in [1.54, 1.807) is 0 Å². The first-order valence-electron chi connectivity index (χ1n) is 3.61. The van der Waals surface area contributed by atoms with E-state index in [1.807, 2.05) is 0 Å². The number of pyridine rings is 1. The van der Waals surface area contributed by atoms with E-state index in [-0.39, 0.29) is 18.4 Å². The van der Waals surface area contributed by atoms with Gasteiger partial charge in [0.1, 0.15) is 5.82 Å². The van der Waals surface area contributed by atoms with Gasteiger partial charge < -0.3 is 5.11 Å². The molecule has 0 aliphatic carbocycles. The van der Waals surface area contributed by atoms with Crippen LogP contribution < -0.4 is 0 Å². The van der Waals surface area contributed by atoms with Crippen molar-refractivity contribution < 1.29 is 18.7 Å². The van der Waals surface area contributed by atoms with Crippen molar-refractivity contribution in [3.8, 4) is 0 Å². The van der Waals surface area contributed by atoms with Gasteiger partial charge in [0.2, 0.25) is 5.95 Å². The second kappa shape index (κ2) is 3.93. The van der Waals surface area contributed by atoms with Gasteiger partial charge in [-0.25, -0.2) is 9.37 Å². The molecule has 1 heterocycles. The Balaban J connectivity index is 2.75. The van der Waals surface area contributed by atoms with Gasteiger partial charge in [-0.2, -0.15) is 4.39 Å². The Morgan fingerprint density at radius 2 is 2.23 bits per heavy atom. The number of halogens is 2. The maximum Gasteiger partial charge on any atom is 0.303 e. The van der Waals surface area contributed by atoms with Crippen LogP contribution in [0.25, 0.3) is 0 Å². The molecule has 0 spiro atoms. The van der Waals surface area contributed by atoms with Crippen LogP contribution in [0.1, 0.15) is 12.0 Å². The topological polar surface area (TPSA) is 50.2 Å². The van der Waals surface area contributed by atoms with Crippen LogP contribution in [0.4, 0.5) is 8.78 Å². The van der Waals surface area contributed by atoms with E-state index in [0.29, 0.717) is 0 Å². The molecule has 0 saturated heterocycles. The van der Waals surface area contributed by atoms with Crippen LogP contribution in [-0.4, -0.2) is 16.1 Å². The maximum atomic E-state index is 12.8. The number of aromatic nitrogens is 1. The minimum Gasteiger partial charge on any atom is -0.481 e. The van der Waals surface area contributed by atoms with Crippen molar-refractivity contribution >= 4 is 5.97 Å². The van der Waals surface area contributed by atoms with Crippen molar-refractivity contribution in [1.82, 2.24) is 4.98 Å². The van der Waals surface area contributed by atoms with Gasteiger partial charge in [-0.1, -0.05) is 0 Å². The number of hydrogen-bond acceptors (Lipinski definition) is 2. The summed E-state index contributed by atoms with van der Waals surface area (Å²) in [6, 6.07) is 0.901. The van der Waals surface area contributed by atoms with Crippen molar-refractivity contribution in [2.45, 2.75) is 12.8 Å². The maximum absolute atomic E-state index is 12.8. The number of carboxylic acid groups (broad SMARTS) is 1. The lowest BCUT2D eigenvalue weighted by atomic mass is 10.1. The molecule has 0 bridgehead atoms. The van der Waals surface area contributed by atoms with Gasteiger partial charge in [-0.15, -0.1) is 0 Å². The van der Waals surface area contributed by atoms with E-state index in [1.165, 1.54) is 0 Å². The van der Waals surface area contributed by atoms with Crippen LogP contribution in [0.3, 0.4) is 0 Å². The smallest absolute Gasteiger partial charge is 0.303 e. The summed E-state index contributed by atoms with van der Waals surface area (Å²) in [5, 5.41) is 8.30. The third kappa shape index (κ3) is 2.77. The zero-order valence-corrected chi connectivity index (χ0v) is 6.63. The second-order valence-electron chi connectivity index (χ2n) is 2.49. The molecule has 0 aliphatic heterocycles. The number of carboxylic acids is 1. The fraction of sp³-hybridized carbons (Fsp3) is 0.250. The van der Waals surface area contributed by atoms with Crippen LogP contribution in [-0.2, 0) is 11.2 Å². The van der Waals surface area contributed by atoms with Crippen LogP contribution in [0.5, 0.6) is 0 Å². The highest BCUT2D eigenvalue weighted by Gasteiger charge is 2.06. The van der Waals surface area contributed by atoms with E-state index in [4.69, 9.17) is 5.11 Å². The highest BCUT2D eigenvalue weighted by molar-refractivity contribution is 5.67. The van der Waals surface area contributed by atoms with Crippen LogP contribution in [0, 0.1) is 11.8 Å². The Hall–Kier alpha value is -1.52. The summed E-state index contributed by atoms with van der Waals surface area (Å²) in [5.74, 6) is -2.53. The summed E-state index contributed by atoms with van der Waals surface area (Å²) in [6.07, 6.45) is 0.494. The average Bonchev–Trinajstić information content (AvgIpc) is 2.06. The normalized spacial score (nSPS) is 10.0. The van der Waals surface area contributed by atoms with E-state index < -0.39 is 17.7 Å². The second-order valence-corrected chi connectivity index (χ2v) is 2.49. The van der Waals surface area contributed by atoms with Crippen molar-refractivity contribution in [2.24, 2.45) is 0 Å². The molecule has 0 unspecified atom stereocenters. The lowest BCUT2D eigenvalue weighted by molar-refractivity contribution is -0.136. The zero-order valence-electron chi connectivity index (χ0n) is 6.63. The molecule has 1 rings (SSSR count). The minimum absolute atomic E-state index is 0.0272. The number of hydrogen-bond donors (Lipinski definition) is 1. The largest absolute Gasteiger partial charge is 0.481 e. The molecule has 3 nitrogen and oxygen atoms in total. The third-order valence-corrected chi connectivity index (χ3v) is 1.51. The molecular formula is C8H7F2NO2. The molecule has 0 atom stereocenters. The van der Waals surface area contributed by atoms with Crippen molar-refractivity contribution in [1.29, 1.82) is 0 Å². The van der Waals surface area contributed by atoms with Gasteiger partial charge in [0.05, 0.1) is 6.20 Å². The van der Waals surface area contributed by atoms with E-state index >= 15 is 0 Å². The summed E-state index contributed by atoms with van der Waals surface area (Å²) < 4.78 is 25.2. The van der Waals surface area contributed by atoms with Gasteiger partial charge in [0.25, 0.3) is 0 Å². The standard InChI is InChI=1S/C8H7F2NO2/c9-6-4-11-7(10)3-5(6)1-2-8(12)13/h3-4H,1-2H2,(H,12,13). The van der Waals surface area contributed by atoms with Gasteiger partial charge in [-0.05, 0) is 18.1 Å². The molecule has 0 saturated carbocycles. The van der Waals surface area contributed by atoms with E-state index in [9.17, 15) is 13.6 Å². The Morgan fingerprint density at radius 3 is 2.85 bits per heavy atom. The molecule has 1 aromatic rings. The minimum atomic E-state index is -1.04. The summed E-state index contributed by atoms with van der Waals surface area (Å²) in [7, 11) is 0. The van der Waals surface area contributed by atoms with Crippen molar-refractivity contribution in [3.63, 3.8) is 0 Å². The Morgan fingerprint density at radius 1 is 1.54 bits per heavy atom. The summed E-state index contributed by atoms with van der Waals surface area (Å²) in [6.45, 7) is 0. The van der Waals surface area contributed by atoms with Crippen molar-refractivity contribution in [3.05, 3.63) is 29.6 Å². The first-order valence-corrected chi connectivity index (χ1v) is 3.61. The molecule has 1 N–H and O–H groups in total. The molecule has 0 radical (unpaired) electrons. The first-order chi connectivity index (χ1) is 6.09. The molecule has 1 aromatic heterocycles. The molecule has 70 valence electrons. The highest BCUT2D eigenvalue weighted by Crippen LogP contribution is 2.09. The monoisotopic (exact) mass is 187 g/mol. The fourth-order valence-electron chi connectivity index (χ4n) is 0.884. The predicted molar refractivity (Wildman–Crippen MR) is 40.1 cm³/mol. The highest BCUT2D eigenvalue weighted by atomic mass is 19.1. The fourth-order valence-corrected chi connectivity index (χ4v) is 0.884. The first kappa shape index (κ1) is 9.57. The molecule has 0 aliphatic rings. The van der Waals surface area contributed by atoms with E-state index in [2.05, 4.69) is 4.98 Å². The Kier molecular flexibility index (Phi) is 2.89. The summed E-state index contributed by atoms with van der Waals surface area (Å²) in [4.78, 5) is 13.2. The quantitative estimate of drug-likeness (QED) is 0.727. The van der Waals surface area contributed by atoms with Crippen LogP contribution >= 0.6 is 0 Å². The molecule has 5 heteroatoms. The van der Waals surface area contributed by atoms with Gasteiger partial charge in [-0.3, -0.25) is 4.79 Å². The number of nitrogens with zero attached hydrogens (tertiary/aromatic N) is 1. The number of aryl methyl sites for hydroxylation is 1. The number of rotatable bonds is 3. The lowest BCUT2D eigenvalue weighted by Crippen LogP contribution is -2.00. The molecule has 0 aromatic carbocycles. The van der Waals surface area contributed by atoms with Crippen molar-refractivity contribution in [2.75, 3.05) is 0 Å². The molecule has 13 heavy (non-hydrogen) atoms. The lowest BCUT2D eigenvalue weighted by Gasteiger charge is -1.99. The molecule has 0 fully saturated rings. The average molecular weight is 187 g/mol. The Bertz CT molecular complexity index is 328. The third-order valence-electron chi connectivity index (χ3n) is 1.51. The van der Waals surface area contributed by atoms with Gasteiger partial charge >= 0.3 is 5.97 Å². The zero-order chi connectivity index (χ0) is 9.84. The summed E-state index contributed by atoms with van der Waals surface area (Å²) >= 11 is 0. The Labute approximate surface area is 73.0 Å². The van der Waals surface area contributed by atoms with Crippen LogP contribution in [0.15, 0.2) is 12.3 Å². The molecule has 0 amide bonds. The number of aliphatic carboxylic acids is 1. The predicted octanol–water partition coefficient (Wildman–Crippen LogP) is 1.38. The van der Waals surface area contributed by atoms with Gasteiger partial charge in [0, 0.05) is 6.42 Å². The van der Waals surface area contributed by atoms with E-state index in [0.717, 1.165) is 12.3 Å². The van der Waals surface area contributed by atoms with Crippen LogP contribution in [0.2, 0.25) is 0 Å². The summed E-state index contributed by atoms with van der Waals surface area (Å²) in [5.41, 5.74) is 0.0369. The SMILES string of the molecule is O=C(O)CCc1cc(F)ncc1F. The number of carbonyl (C=O) groups is 1. The van der Waals surface area contributed by atoms with Gasteiger partial charge in [0.15, 0.2) is 0 Å². The molecular weight excluding hydrogens is 180 g/mol.